The summed E-state index contributed by atoms with van der Waals surface area (Å²) in [4.78, 5) is 0. The predicted molar refractivity (Wildman–Crippen MR) is 73.9 cm³/mol. The molecular formula is C13H20N2O3S. The minimum absolute atomic E-state index is 0.180. The van der Waals surface area contributed by atoms with Crippen LogP contribution in [0.3, 0.4) is 0 Å². The molecule has 0 bridgehead atoms. The predicted octanol–water partition coefficient (Wildman–Crippen LogP) is 1.60. The third-order valence-corrected chi connectivity index (χ3v) is 4.85. The Morgan fingerprint density at radius 1 is 1.05 bits per heavy atom. The zero-order valence-corrected chi connectivity index (χ0v) is 11.7. The van der Waals surface area contributed by atoms with Crippen molar-refractivity contribution < 1.29 is 13.5 Å². The minimum Gasteiger partial charge on any atom is -0.508 e. The van der Waals surface area contributed by atoms with E-state index in [2.05, 4.69) is 4.72 Å². The van der Waals surface area contributed by atoms with Crippen molar-refractivity contribution in [1.29, 1.82) is 0 Å². The summed E-state index contributed by atoms with van der Waals surface area (Å²) in [6.45, 7) is 1.45. The molecule has 0 spiro atoms. The van der Waals surface area contributed by atoms with Crippen LogP contribution < -0.4 is 4.72 Å². The van der Waals surface area contributed by atoms with Crippen molar-refractivity contribution in [3.8, 4) is 5.75 Å². The molecule has 19 heavy (non-hydrogen) atoms. The van der Waals surface area contributed by atoms with Crippen LogP contribution in [0.15, 0.2) is 24.3 Å². The van der Waals surface area contributed by atoms with Crippen molar-refractivity contribution in [3.05, 3.63) is 29.8 Å². The molecule has 1 aliphatic heterocycles. The second-order valence-electron chi connectivity index (χ2n) is 4.81. The molecule has 0 radical (unpaired) electrons. The van der Waals surface area contributed by atoms with Gasteiger partial charge < -0.3 is 5.11 Å². The van der Waals surface area contributed by atoms with Gasteiger partial charge in [-0.3, -0.25) is 0 Å². The van der Waals surface area contributed by atoms with E-state index in [4.69, 9.17) is 0 Å². The Morgan fingerprint density at radius 3 is 2.21 bits per heavy atom. The summed E-state index contributed by atoms with van der Waals surface area (Å²) < 4.78 is 28.4. The molecule has 1 aromatic carbocycles. The van der Waals surface area contributed by atoms with Gasteiger partial charge in [0.25, 0.3) is 10.2 Å². The van der Waals surface area contributed by atoms with E-state index < -0.39 is 10.2 Å². The first-order valence-electron chi connectivity index (χ1n) is 6.60. The van der Waals surface area contributed by atoms with E-state index in [1.165, 1.54) is 4.31 Å². The van der Waals surface area contributed by atoms with Gasteiger partial charge in [-0.05, 0) is 30.5 Å². The lowest BCUT2D eigenvalue weighted by Gasteiger charge is -2.20. The van der Waals surface area contributed by atoms with Gasteiger partial charge in [-0.15, -0.1) is 0 Å². The second-order valence-corrected chi connectivity index (χ2v) is 6.56. The fraction of sp³-hybridized carbons (Fsp3) is 0.538. The van der Waals surface area contributed by atoms with Crippen LogP contribution in [0.5, 0.6) is 5.75 Å². The molecular weight excluding hydrogens is 264 g/mol. The maximum atomic E-state index is 12.1. The fourth-order valence-electron chi connectivity index (χ4n) is 2.16. The Morgan fingerprint density at radius 2 is 1.63 bits per heavy atom. The second kappa shape index (κ2) is 6.36. The van der Waals surface area contributed by atoms with Gasteiger partial charge in [0.15, 0.2) is 0 Å². The highest BCUT2D eigenvalue weighted by atomic mass is 32.2. The largest absolute Gasteiger partial charge is 0.508 e. The molecule has 1 fully saturated rings. The zero-order chi connectivity index (χ0) is 13.7. The lowest BCUT2D eigenvalue weighted by atomic mass is 10.2. The van der Waals surface area contributed by atoms with Gasteiger partial charge in [0, 0.05) is 19.6 Å². The molecule has 0 aliphatic carbocycles. The lowest BCUT2D eigenvalue weighted by molar-refractivity contribution is 0.414. The molecule has 0 saturated carbocycles. The standard InChI is InChI=1S/C13H20N2O3S/c16-13-7-5-12(6-8-13)11-14-19(17,18)15-9-3-1-2-4-10-15/h5-8,14,16H,1-4,9-11H2. The van der Waals surface area contributed by atoms with Crippen LogP contribution >= 0.6 is 0 Å². The molecule has 6 heteroatoms. The number of nitrogens with one attached hydrogen (secondary N) is 1. The van der Waals surface area contributed by atoms with Crippen molar-refractivity contribution in [2.24, 2.45) is 0 Å². The van der Waals surface area contributed by atoms with E-state index in [1.807, 2.05) is 0 Å². The van der Waals surface area contributed by atoms with Gasteiger partial charge in [0.05, 0.1) is 0 Å². The van der Waals surface area contributed by atoms with Crippen molar-refractivity contribution >= 4 is 10.2 Å². The quantitative estimate of drug-likeness (QED) is 0.882. The molecule has 0 amide bonds. The first-order valence-corrected chi connectivity index (χ1v) is 8.04. The van der Waals surface area contributed by atoms with Gasteiger partial charge in [-0.2, -0.15) is 17.4 Å². The number of phenolic OH excluding ortho intramolecular Hbond substituents is 1. The molecule has 1 aliphatic rings. The molecule has 0 unspecified atom stereocenters. The average Bonchev–Trinajstić information content (AvgIpc) is 2.67. The van der Waals surface area contributed by atoms with E-state index in [0.717, 1.165) is 31.2 Å². The van der Waals surface area contributed by atoms with Crippen molar-refractivity contribution in [1.82, 2.24) is 9.03 Å². The Balaban J connectivity index is 1.94. The molecule has 2 N–H and O–H groups in total. The van der Waals surface area contributed by atoms with Crippen LogP contribution in [-0.2, 0) is 16.8 Å². The topological polar surface area (TPSA) is 69.6 Å². The summed E-state index contributed by atoms with van der Waals surface area (Å²) in [5.41, 5.74) is 0.830. The minimum atomic E-state index is -3.39. The van der Waals surface area contributed by atoms with Gasteiger partial charge in [-0.25, -0.2) is 0 Å². The Bertz CT molecular complexity index is 491. The van der Waals surface area contributed by atoms with E-state index in [1.54, 1.807) is 24.3 Å². The molecule has 0 atom stereocenters. The van der Waals surface area contributed by atoms with E-state index in [0.29, 0.717) is 13.1 Å². The average molecular weight is 284 g/mol. The zero-order valence-electron chi connectivity index (χ0n) is 10.9. The summed E-state index contributed by atoms with van der Waals surface area (Å²) in [7, 11) is -3.39. The number of benzene rings is 1. The van der Waals surface area contributed by atoms with E-state index >= 15 is 0 Å². The molecule has 0 aromatic heterocycles. The van der Waals surface area contributed by atoms with Crippen molar-refractivity contribution in [3.63, 3.8) is 0 Å². The fourth-order valence-corrected chi connectivity index (χ4v) is 3.43. The summed E-state index contributed by atoms with van der Waals surface area (Å²) >= 11 is 0. The summed E-state index contributed by atoms with van der Waals surface area (Å²) in [6, 6.07) is 6.52. The smallest absolute Gasteiger partial charge is 0.279 e. The maximum Gasteiger partial charge on any atom is 0.279 e. The highest BCUT2D eigenvalue weighted by Crippen LogP contribution is 2.13. The van der Waals surface area contributed by atoms with Crippen LogP contribution in [0.1, 0.15) is 31.2 Å². The summed E-state index contributed by atoms with van der Waals surface area (Å²) in [5, 5.41) is 9.17. The Hall–Kier alpha value is -1.11. The normalized spacial score (nSPS) is 18.1. The van der Waals surface area contributed by atoms with Crippen LogP contribution in [0.25, 0.3) is 0 Å². The summed E-state index contributed by atoms with van der Waals surface area (Å²) in [6.07, 6.45) is 4.06. The molecule has 1 saturated heterocycles. The molecule has 1 aromatic rings. The third kappa shape index (κ3) is 4.19. The molecule has 1 heterocycles. The van der Waals surface area contributed by atoms with Gasteiger partial charge in [0.2, 0.25) is 0 Å². The lowest BCUT2D eigenvalue weighted by Crippen LogP contribution is -2.40. The van der Waals surface area contributed by atoms with Crippen LogP contribution in [0.2, 0.25) is 0 Å². The number of hydrogen-bond donors (Lipinski definition) is 2. The van der Waals surface area contributed by atoms with Crippen molar-refractivity contribution in [2.45, 2.75) is 32.2 Å². The maximum absolute atomic E-state index is 12.1. The molecule has 5 nitrogen and oxygen atoms in total. The van der Waals surface area contributed by atoms with E-state index in [-0.39, 0.29) is 12.3 Å². The molecule has 106 valence electrons. The van der Waals surface area contributed by atoms with Crippen molar-refractivity contribution in [2.75, 3.05) is 13.1 Å². The number of rotatable bonds is 4. The first kappa shape index (κ1) is 14.3. The van der Waals surface area contributed by atoms with Gasteiger partial charge >= 0.3 is 0 Å². The summed E-state index contributed by atoms with van der Waals surface area (Å²) in [5.74, 6) is 0.180. The van der Waals surface area contributed by atoms with Crippen LogP contribution in [0, 0.1) is 0 Å². The highest BCUT2D eigenvalue weighted by molar-refractivity contribution is 7.87. The number of phenols is 1. The number of hydrogen-bond acceptors (Lipinski definition) is 3. The highest BCUT2D eigenvalue weighted by Gasteiger charge is 2.22. The Labute approximate surface area is 114 Å². The monoisotopic (exact) mass is 284 g/mol. The van der Waals surface area contributed by atoms with Gasteiger partial charge in [-0.1, -0.05) is 25.0 Å². The van der Waals surface area contributed by atoms with Crippen LogP contribution in [-0.4, -0.2) is 30.9 Å². The van der Waals surface area contributed by atoms with E-state index in [9.17, 15) is 13.5 Å². The SMILES string of the molecule is O=S(=O)(NCc1ccc(O)cc1)N1CCCCCC1. The van der Waals surface area contributed by atoms with Crippen LogP contribution in [0.4, 0.5) is 0 Å². The first-order chi connectivity index (χ1) is 9.08. The third-order valence-electron chi connectivity index (χ3n) is 3.30. The number of aromatic hydroxyl groups is 1. The Kier molecular flexibility index (Phi) is 4.79. The molecule has 2 rings (SSSR count). The van der Waals surface area contributed by atoms with Gasteiger partial charge in [0.1, 0.15) is 5.75 Å². The number of nitrogens with zero attached hydrogens (tertiary/aromatic N) is 1.